The van der Waals surface area contributed by atoms with Crippen molar-refractivity contribution in [3.63, 3.8) is 0 Å². The molecule has 0 saturated heterocycles. The molecule has 3 aromatic rings. The molecule has 2 heterocycles. The molecule has 0 spiro atoms. The van der Waals surface area contributed by atoms with Crippen LogP contribution in [0.2, 0.25) is 5.02 Å². The first-order chi connectivity index (χ1) is 16.8. The maximum Gasteiger partial charge on any atom is 0.290 e. The average Bonchev–Trinajstić information content (AvgIpc) is 3.13. The third-order valence-corrected chi connectivity index (χ3v) is 7.01. The summed E-state index contributed by atoms with van der Waals surface area (Å²) in [7, 11) is 1.57. The lowest BCUT2D eigenvalue weighted by Gasteiger charge is -2.28. The van der Waals surface area contributed by atoms with Gasteiger partial charge < -0.3 is 23.7 Å². The summed E-state index contributed by atoms with van der Waals surface area (Å²) in [6.07, 6.45) is 0. The summed E-state index contributed by atoms with van der Waals surface area (Å²) < 4.78 is 17.3. The molecule has 1 aliphatic rings. The largest absolute Gasteiger partial charge is 0.493 e. The summed E-state index contributed by atoms with van der Waals surface area (Å²) in [5, 5.41) is 0.840. The number of amides is 1. The van der Waals surface area contributed by atoms with Crippen molar-refractivity contribution in [3.8, 4) is 11.5 Å². The molecular formula is C27H31ClN2O5. The van der Waals surface area contributed by atoms with E-state index in [2.05, 4.69) is 18.7 Å². The maximum absolute atomic E-state index is 13.8. The van der Waals surface area contributed by atoms with Crippen LogP contribution in [0, 0.1) is 6.92 Å². The molecule has 1 amide bonds. The van der Waals surface area contributed by atoms with E-state index in [0.29, 0.717) is 52.8 Å². The molecule has 0 aliphatic carbocycles. The number of hydrogen-bond acceptors (Lipinski definition) is 6. The Morgan fingerprint density at radius 2 is 1.83 bits per heavy atom. The number of aryl methyl sites for hydroxylation is 1. The Kier molecular flexibility index (Phi) is 7.38. The molecule has 0 fully saturated rings. The summed E-state index contributed by atoms with van der Waals surface area (Å²) >= 11 is 6.33. The number of hydrogen-bond donors (Lipinski definition) is 0. The first-order valence-electron chi connectivity index (χ1n) is 11.9. The minimum Gasteiger partial charge on any atom is -0.493 e. The minimum atomic E-state index is -0.613. The number of likely N-dealkylation sites (N-methyl/N-ethyl adjacent to an activating group) is 1. The highest BCUT2D eigenvalue weighted by Crippen LogP contribution is 2.41. The number of benzene rings is 2. The zero-order valence-electron chi connectivity index (χ0n) is 20.8. The number of rotatable bonds is 9. The second-order valence-electron chi connectivity index (χ2n) is 8.54. The van der Waals surface area contributed by atoms with Crippen molar-refractivity contribution in [1.82, 2.24) is 9.80 Å². The Morgan fingerprint density at radius 1 is 1.09 bits per heavy atom. The molecule has 1 unspecified atom stereocenters. The number of halogens is 1. The van der Waals surface area contributed by atoms with Gasteiger partial charge in [-0.3, -0.25) is 9.59 Å². The molecule has 0 N–H and O–H groups in total. The van der Waals surface area contributed by atoms with E-state index in [1.54, 1.807) is 24.1 Å². The Morgan fingerprint density at radius 3 is 2.49 bits per heavy atom. The van der Waals surface area contributed by atoms with Crippen molar-refractivity contribution in [2.24, 2.45) is 0 Å². The van der Waals surface area contributed by atoms with Gasteiger partial charge in [-0.25, -0.2) is 0 Å². The smallest absolute Gasteiger partial charge is 0.290 e. The molecule has 1 aromatic heterocycles. The van der Waals surface area contributed by atoms with Crippen molar-refractivity contribution >= 4 is 28.5 Å². The van der Waals surface area contributed by atoms with E-state index >= 15 is 0 Å². The Bertz CT molecular complexity index is 1320. The fourth-order valence-corrected chi connectivity index (χ4v) is 4.80. The van der Waals surface area contributed by atoms with Gasteiger partial charge in [-0.15, -0.1) is 0 Å². The van der Waals surface area contributed by atoms with E-state index < -0.39 is 6.04 Å². The molecular weight excluding hydrogens is 468 g/mol. The molecule has 0 bridgehead atoms. The second-order valence-corrected chi connectivity index (χ2v) is 8.95. The molecule has 2 aromatic carbocycles. The summed E-state index contributed by atoms with van der Waals surface area (Å²) in [4.78, 5) is 31.4. The van der Waals surface area contributed by atoms with Crippen LogP contribution < -0.4 is 14.9 Å². The number of carbonyl (C=O) groups excluding carboxylic acids is 1. The lowest BCUT2D eigenvalue weighted by Crippen LogP contribution is -2.37. The molecule has 0 radical (unpaired) electrons. The normalized spacial score (nSPS) is 15.2. The van der Waals surface area contributed by atoms with Crippen LogP contribution >= 0.6 is 11.6 Å². The van der Waals surface area contributed by atoms with Crippen molar-refractivity contribution in [2.75, 3.05) is 39.9 Å². The van der Waals surface area contributed by atoms with Crippen LogP contribution in [0.25, 0.3) is 11.0 Å². The lowest BCUT2D eigenvalue weighted by atomic mass is 9.97. The fraction of sp³-hybridized carbons (Fsp3) is 0.407. The molecule has 1 aliphatic heterocycles. The van der Waals surface area contributed by atoms with Gasteiger partial charge in [0.05, 0.1) is 30.7 Å². The van der Waals surface area contributed by atoms with Crippen LogP contribution in [0.3, 0.4) is 0 Å². The average molecular weight is 499 g/mol. The highest BCUT2D eigenvalue weighted by Gasteiger charge is 2.43. The number of nitrogens with zero attached hydrogens (tertiary/aromatic N) is 2. The Hall–Kier alpha value is -3.03. The van der Waals surface area contributed by atoms with Crippen LogP contribution in [0.4, 0.5) is 0 Å². The fourth-order valence-electron chi connectivity index (χ4n) is 4.64. The van der Waals surface area contributed by atoms with Gasteiger partial charge in [0.15, 0.2) is 16.9 Å². The third kappa shape index (κ3) is 4.50. The number of ether oxygens (including phenoxy) is 2. The van der Waals surface area contributed by atoms with E-state index in [9.17, 15) is 9.59 Å². The first-order valence-corrected chi connectivity index (χ1v) is 12.3. The van der Waals surface area contributed by atoms with Crippen LogP contribution in [0.1, 0.15) is 54.1 Å². The SMILES string of the molecule is CCOc1ccc(C2c3c(oc4cc(C)c(Cl)cc4c3=O)C(=O)N2CCN(CC)CC)cc1OC. The summed E-state index contributed by atoms with van der Waals surface area (Å²) in [5.74, 6) is 0.932. The van der Waals surface area contributed by atoms with E-state index in [1.165, 1.54) is 0 Å². The number of carbonyl (C=O) groups is 1. The first kappa shape index (κ1) is 25.1. The molecule has 4 rings (SSSR count). The highest BCUT2D eigenvalue weighted by molar-refractivity contribution is 6.32. The summed E-state index contributed by atoms with van der Waals surface area (Å²) in [6.45, 7) is 11.3. The van der Waals surface area contributed by atoms with Gasteiger partial charge in [0.2, 0.25) is 5.76 Å². The van der Waals surface area contributed by atoms with Crippen molar-refractivity contribution < 1.29 is 18.7 Å². The molecule has 7 nitrogen and oxygen atoms in total. The van der Waals surface area contributed by atoms with Gasteiger partial charge in [0.25, 0.3) is 5.91 Å². The Balaban J connectivity index is 1.90. The van der Waals surface area contributed by atoms with E-state index in [-0.39, 0.29) is 17.1 Å². The third-order valence-electron chi connectivity index (χ3n) is 6.60. The predicted molar refractivity (Wildman–Crippen MR) is 137 cm³/mol. The zero-order chi connectivity index (χ0) is 25.3. The zero-order valence-corrected chi connectivity index (χ0v) is 21.6. The van der Waals surface area contributed by atoms with Crippen molar-refractivity contribution in [2.45, 2.75) is 33.7 Å². The maximum atomic E-state index is 13.8. The van der Waals surface area contributed by atoms with Gasteiger partial charge >= 0.3 is 0 Å². The van der Waals surface area contributed by atoms with E-state index in [4.69, 9.17) is 25.5 Å². The van der Waals surface area contributed by atoms with Crippen LogP contribution in [-0.2, 0) is 0 Å². The number of methoxy groups -OCH3 is 1. The topological polar surface area (TPSA) is 72.2 Å². The van der Waals surface area contributed by atoms with Gasteiger partial charge in [-0.2, -0.15) is 0 Å². The van der Waals surface area contributed by atoms with Crippen LogP contribution in [0.15, 0.2) is 39.5 Å². The molecule has 1 atom stereocenters. The second kappa shape index (κ2) is 10.3. The van der Waals surface area contributed by atoms with Gasteiger partial charge in [-0.05, 0) is 62.3 Å². The molecule has 35 heavy (non-hydrogen) atoms. The summed E-state index contributed by atoms with van der Waals surface area (Å²) in [5.41, 5.74) is 1.96. The van der Waals surface area contributed by atoms with E-state index in [1.807, 2.05) is 32.0 Å². The van der Waals surface area contributed by atoms with E-state index in [0.717, 1.165) is 24.2 Å². The molecule has 0 saturated carbocycles. The molecule has 8 heteroatoms. The summed E-state index contributed by atoms with van der Waals surface area (Å²) in [6, 6.07) is 8.23. The quantitative estimate of drug-likeness (QED) is 0.411. The predicted octanol–water partition coefficient (Wildman–Crippen LogP) is 5.05. The van der Waals surface area contributed by atoms with Gasteiger partial charge in [-0.1, -0.05) is 31.5 Å². The van der Waals surface area contributed by atoms with Gasteiger partial charge in [0.1, 0.15) is 5.58 Å². The lowest BCUT2D eigenvalue weighted by molar-refractivity contribution is 0.0708. The van der Waals surface area contributed by atoms with Gasteiger partial charge in [0, 0.05) is 18.1 Å². The number of fused-ring (bicyclic) bond motifs is 2. The minimum absolute atomic E-state index is 0.0848. The van der Waals surface area contributed by atoms with Crippen LogP contribution in [-0.4, -0.2) is 55.6 Å². The van der Waals surface area contributed by atoms with Crippen molar-refractivity contribution in [1.29, 1.82) is 0 Å². The van der Waals surface area contributed by atoms with Crippen molar-refractivity contribution in [3.05, 3.63) is 68.0 Å². The highest BCUT2D eigenvalue weighted by atomic mass is 35.5. The standard InChI is InChI=1S/C27H31ClN2O5/c1-6-29(7-2)11-12-30-24(17-9-10-20(34-8-3)22(14-17)33-5)23-25(31)18-15-19(28)16(4)13-21(18)35-26(23)27(30)32/h9-10,13-15,24H,6-8,11-12H2,1-5H3. The van der Waals surface area contributed by atoms with Crippen LogP contribution in [0.5, 0.6) is 11.5 Å². The Labute approximate surface area is 210 Å². The monoisotopic (exact) mass is 498 g/mol. The molecule has 186 valence electrons.